The minimum absolute atomic E-state index is 0.233. The average Bonchev–Trinajstić information content (AvgIpc) is 2.48. The summed E-state index contributed by atoms with van der Waals surface area (Å²) < 4.78 is 0. The number of rotatable bonds is 5. The van der Waals surface area contributed by atoms with Crippen molar-refractivity contribution in [1.29, 1.82) is 0 Å². The van der Waals surface area contributed by atoms with Crippen LogP contribution >= 0.6 is 0 Å². The maximum atomic E-state index is 12.6. The molecule has 1 aliphatic rings. The van der Waals surface area contributed by atoms with Crippen LogP contribution in [0.5, 0.6) is 0 Å². The second kappa shape index (κ2) is 7.44. The number of nitrogens with two attached hydrogens (primary N) is 1. The van der Waals surface area contributed by atoms with Crippen molar-refractivity contribution in [3.05, 3.63) is 35.4 Å². The number of hydrogen-bond acceptors (Lipinski definition) is 2. The first kappa shape index (κ1) is 15.0. The Labute approximate surface area is 122 Å². The molecule has 1 amide bonds. The van der Waals surface area contributed by atoms with Crippen molar-refractivity contribution < 1.29 is 4.79 Å². The summed E-state index contributed by atoms with van der Waals surface area (Å²) in [5.41, 5.74) is 8.03. The van der Waals surface area contributed by atoms with Gasteiger partial charge in [-0.15, -0.1) is 0 Å². The molecule has 20 heavy (non-hydrogen) atoms. The molecule has 1 fully saturated rings. The van der Waals surface area contributed by atoms with Gasteiger partial charge in [-0.1, -0.05) is 43.5 Å². The van der Waals surface area contributed by atoms with Crippen LogP contribution in [0.3, 0.4) is 0 Å². The lowest BCUT2D eigenvalue weighted by Crippen LogP contribution is -2.44. The van der Waals surface area contributed by atoms with E-state index in [0.717, 1.165) is 18.4 Å². The lowest BCUT2D eigenvalue weighted by atomic mass is 9.93. The minimum Gasteiger partial charge on any atom is -0.338 e. The number of hydrogen-bond donors (Lipinski definition) is 1. The molecule has 2 rings (SSSR count). The highest BCUT2D eigenvalue weighted by Crippen LogP contribution is 2.23. The summed E-state index contributed by atoms with van der Waals surface area (Å²) >= 11 is 0. The van der Waals surface area contributed by atoms with Crippen LogP contribution in [0.1, 0.15) is 43.2 Å². The van der Waals surface area contributed by atoms with Crippen LogP contribution in [0.15, 0.2) is 24.3 Å². The second-order valence-corrected chi connectivity index (χ2v) is 5.77. The Hall–Kier alpha value is -1.35. The molecule has 1 aromatic rings. The van der Waals surface area contributed by atoms with Gasteiger partial charge < -0.3 is 10.6 Å². The SMILES string of the molecule is Cc1ccccc1CC(=O)N(CCN)C1CCCCC1. The predicted molar refractivity (Wildman–Crippen MR) is 82.5 cm³/mol. The molecule has 0 heterocycles. The topological polar surface area (TPSA) is 46.3 Å². The van der Waals surface area contributed by atoms with Crippen molar-refractivity contribution in [1.82, 2.24) is 4.90 Å². The van der Waals surface area contributed by atoms with Gasteiger partial charge in [0.2, 0.25) is 5.91 Å². The first-order valence-corrected chi connectivity index (χ1v) is 7.76. The van der Waals surface area contributed by atoms with Crippen LogP contribution in [0.4, 0.5) is 0 Å². The monoisotopic (exact) mass is 274 g/mol. The van der Waals surface area contributed by atoms with Crippen LogP contribution in [0.25, 0.3) is 0 Å². The van der Waals surface area contributed by atoms with Gasteiger partial charge in [-0.05, 0) is 30.9 Å². The van der Waals surface area contributed by atoms with E-state index in [-0.39, 0.29) is 5.91 Å². The number of nitrogens with zero attached hydrogens (tertiary/aromatic N) is 1. The van der Waals surface area contributed by atoms with Crippen molar-refractivity contribution in [3.8, 4) is 0 Å². The molecular weight excluding hydrogens is 248 g/mol. The lowest BCUT2D eigenvalue weighted by molar-refractivity contribution is -0.133. The van der Waals surface area contributed by atoms with Gasteiger partial charge in [-0.3, -0.25) is 4.79 Å². The minimum atomic E-state index is 0.233. The van der Waals surface area contributed by atoms with Gasteiger partial charge in [0, 0.05) is 19.1 Å². The van der Waals surface area contributed by atoms with Crippen molar-refractivity contribution in [3.63, 3.8) is 0 Å². The Bertz CT molecular complexity index is 438. The molecule has 0 aromatic heterocycles. The van der Waals surface area contributed by atoms with E-state index in [9.17, 15) is 4.79 Å². The first-order chi connectivity index (χ1) is 9.72. The van der Waals surface area contributed by atoms with E-state index in [2.05, 4.69) is 19.1 Å². The highest BCUT2D eigenvalue weighted by Gasteiger charge is 2.24. The Morgan fingerprint density at radius 3 is 2.60 bits per heavy atom. The van der Waals surface area contributed by atoms with Gasteiger partial charge in [0.25, 0.3) is 0 Å². The zero-order chi connectivity index (χ0) is 14.4. The van der Waals surface area contributed by atoms with E-state index in [0.29, 0.717) is 25.6 Å². The van der Waals surface area contributed by atoms with Crippen molar-refractivity contribution >= 4 is 5.91 Å². The maximum absolute atomic E-state index is 12.6. The summed E-state index contributed by atoms with van der Waals surface area (Å²) in [4.78, 5) is 14.7. The average molecular weight is 274 g/mol. The zero-order valence-corrected chi connectivity index (χ0v) is 12.5. The number of aryl methyl sites for hydroxylation is 1. The van der Waals surface area contributed by atoms with Gasteiger partial charge in [-0.2, -0.15) is 0 Å². The summed E-state index contributed by atoms with van der Waals surface area (Å²) in [6.45, 7) is 3.31. The highest BCUT2D eigenvalue weighted by molar-refractivity contribution is 5.79. The molecule has 0 spiro atoms. The third-order valence-electron chi connectivity index (χ3n) is 4.31. The van der Waals surface area contributed by atoms with Crippen LogP contribution in [-0.4, -0.2) is 29.9 Å². The van der Waals surface area contributed by atoms with Crippen LogP contribution in [-0.2, 0) is 11.2 Å². The fourth-order valence-corrected chi connectivity index (χ4v) is 3.12. The molecule has 0 atom stereocenters. The number of amides is 1. The Balaban J connectivity index is 2.04. The third kappa shape index (κ3) is 3.83. The fourth-order valence-electron chi connectivity index (χ4n) is 3.12. The molecule has 3 heteroatoms. The Morgan fingerprint density at radius 1 is 1.25 bits per heavy atom. The second-order valence-electron chi connectivity index (χ2n) is 5.77. The highest BCUT2D eigenvalue weighted by atomic mass is 16.2. The first-order valence-electron chi connectivity index (χ1n) is 7.76. The number of carbonyl (C=O) groups is 1. The fraction of sp³-hybridized carbons (Fsp3) is 0.588. The molecule has 0 unspecified atom stereocenters. The molecule has 0 aliphatic heterocycles. The van der Waals surface area contributed by atoms with Gasteiger partial charge in [0.15, 0.2) is 0 Å². The van der Waals surface area contributed by atoms with E-state index >= 15 is 0 Å². The molecule has 0 saturated heterocycles. The summed E-state index contributed by atoms with van der Waals surface area (Å²) in [6.07, 6.45) is 6.56. The van der Waals surface area contributed by atoms with E-state index < -0.39 is 0 Å². The van der Waals surface area contributed by atoms with E-state index in [4.69, 9.17) is 5.73 Å². The van der Waals surface area contributed by atoms with Crippen molar-refractivity contribution in [2.75, 3.05) is 13.1 Å². The quantitative estimate of drug-likeness (QED) is 0.897. The van der Waals surface area contributed by atoms with Gasteiger partial charge >= 0.3 is 0 Å². The smallest absolute Gasteiger partial charge is 0.227 e. The molecule has 2 N–H and O–H groups in total. The van der Waals surface area contributed by atoms with Gasteiger partial charge in [0.1, 0.15) is 0 Å². The largest absolute Gasteiger partial charge is 0.338 e. The predicted octanol–water partition coefficient (Wildman–Crippen LogP) is 2.66. The summed E-state index contributed by atoms with van der Waals surface area (Å²) in [6, 6.07) is 8.54. The standard InChI is InChI=1S/C17H26N2O/c1-14-7-5-6-8-15(14)13-17(20)19(12-11-18)16-9-3-2-4-10-16/h5-8,16H,2-4,9-13,18H2,1H3. The summed E-state index contributed by atoms with van der Waals surface area (Å²) in [7, 11) is 0. The van der Waals surface area contributed by atoms with Crippen LogP contribution in [0, 0.1) is 6.92 Å². The van der Waals surface area contributed by atoms with Crippen molar-refractivity contribution in [2.45, 2.75) is 51.5 Å². The zero-order valence-electron chi connectivity index (χ0n) is 12.5. The number of benzene rings is 1. The van der Waals surface area contributed by atoms with E-state index in [1.54, 1.807) is 0 Å². The molecule has 3 nitrogen and oxygen atoms in total. The normalized spacial score (nSPS) is 16.1. The molecule has 1 aromatic carbocycles. The van der Waals surface area contributed by atoms with Crippen LogP contribution < -0.4 is 5.73 Å². The molecule has 1 saturated carbocycles. The maximum Gasteiger partial charge on any atom is 0.227 e. The summed E-state index contributed by atoms with van der Waals surface area (Å²) in [5, 5.41) is 0. The Morgan fingerprint density at radius 2 is 1.95 bits per heavy atom. The van der Waals surface area contributed by atoms with Crippen LogP contribution in [0.2, 0.25) is 0 Å². The lowest BCUT2D eigenvalue weighted by Gasteiger charge is -2.34. The molecule has 0 radical (unpaired) electrons. The van der Waals surface area contributed by atoms with Crippen molar-refractivity contribution in [2.24, 2.45) is 5.73 Å². The molecule has 0 bridgehead atoms. The van der Waals surface area contributed by atoms with E-state index in [1.807, 2.05) is 17.0 Å². The Kier molecular flexibility index (Phi) is 5.60. The third-order valence-corrected chi connectivity index (χ3v) is 4.31. The summed E-state index contributed by atoms with van der Waals surface area (Å²) in [5.74, 6) is 0.233. The number of carbonyl (C=O) groups excluding carboxylic acids is 1. The van der Waals surface area contributed by atoms with Gasteiger partial charge in [0.05, 0.1) is 6.42 Å². The molecule has 1 aliphatic carbocycles. The molecular formula is C17H26N2O. The molecule has 110 valence electrons. The van der Waals surface area contributed by atoms with E-state index in [1.165, 1.54) is 24.8 Å². The van der Waals surface area contributed by atoms with Gasteiger partial charge in [-0.25, -0.2) is 0 Å².